The minimum absolute atomic E-state index is 0.0392. The number of aliphatic hydroxyl groups is 1. The minimum Gasteiger partial charge on any atom is -0.493 e. The summed E-state index contributed by atoms with van der Waals surface area (Å²) in [6.07, 6.45) is 1.47. The lowest BCUT2D eigenvalue weighted by Gasteiger charge is -2.29. The van der Waals surface area contributed by atoms with Gasteiger partial charge in [-0.15, -0.1) is 0 Å². The van der Waals surface area contributed by atoms with E-state index in [9.17, 15) is 9.90 Å². The van der Waals surface area contributed by atoms with Crippen molar-refractivity contribution in [1.82, 2.24) is 4.90 Å². The maximum atomic E-state index is 12.4. The standard InChI is InChI=1S/C18H27NO3/c1-14-6-4-5-7-16(14)22-11-9-17(21)19-10-8-15(20)12-18(2,3)13-19/h4-7,15,20H,8-13H2,1-3H3/t15-/m0/s1. The van der Waals surface area contributed by atoms with Crippen LogP contribution in [0.2, 0.25) is 0 Å². The van der Waals surface area contributed by atoms with Crippen molar-refractivity contribution in [3.8, 4) is 5.75 Å². The van der Waals surface area contributed by atoms with Gasteiger partial charge >= 0.3 is 0 Å². The molecular weight excluding hydrogens is 278 g/mol. The van der Waals surface area contributed by atoms with Crippen molar-refractivity contribution < 1.29 is 14.6 Å². The first kappa shape index (κ1) is 16.8. The smallest absolute Gasteiger partial charge is 0.226 e. The number of carbonyl (C=O) groups excluding carboxylic acids is 1. The number of likely N-dealkylation sites (tertiary alicyclic amines) is 1. The first-order chi connectivity index (χ1) is 10.4. The molecule has 22 heavy (non-hydrogen) atoms. The van der Waals surface area contributed by atoms with Crippen molar-refractivity contribution in [2.45, 2.75) is 46.1 Å². The van der Waals surface area contributed by atoms with E-state index >= 15 is 0 Å². The average molecular weight is 305 g/mol. The third kappa shape index (κ3) is 4.73. The number of benzene rings is 1. The van der Waals surface area contributed by atoms with Crippen molar-refractivity contribution in [2.24, 2.45) is 5.41 Å². The number of carbonyl (C=O) groups is 1. The van der Waals surface area contributed by atoms with E-state index in [1.165, 1.54) is 0 Å². The van der Waals surface area contributed by atoms with E-state index < -0.39 is 0 Å². The van der Waals surface area contributed by atoms with Gasteiger partial charge in [0.25, 0.3) is 0 Å². The van der Waals surface area contributed by atoms with Crippen LogP contribution in [0.3, 0.4) is 0 Å². The fourth-order valence-corrected chi connectivity index (χ4v) is 3.04. The average Bonchev–Trinajstić information content (AvgIpc) is 2.58. The van der Waals surface area contributed by atoms with E-state index in [0.29, 0.717) is 32.5 Å². The van der Waals surface area contributed by atoms with Gasteiger partial charge in [0.2, 0.25) is 5.91 Å². The molecule has 122 valence electrons. The van der Waals surface area contributed by atoms with Gasteiger partial charge in [-0.05, 0) is 36.8 Å². The Labute approximate surface area is 133 Å². The highest BCUT2D eigenvalue weighted by Gasteiger charge is 2.31. The van der Waals surface area contributed by atoms with Gasteiger partial charge in [-0.25, -0.2) is 0 Å². The van der Waals surface area contributed by atoms with Crippen LogP contribution >= 0.6 is 0 Å². The zero-order valence-corrected chi connectivity index (χ0v) is 13.8. The lowest BCUT2D eigenvalue weighted by molar-refractivity contribution is -0.132. The molecular formula is C18H27NO3. The van der Waals surface area contributed by atoms with Gasteiger partial charge in [0.1, 0.15) is 5.75 Å². The molecule has 1 heterocycles. The largest absolute Gasteiger partial charge is 0.493 e. The molecule has 4 heteroatoms. The van der Waals surface area contributed by atoms with Crippen molar-refractivity contribution in [2.75, 3.05) is 19.7 Å². The molecule has 0 bridgehead atoms. The minimum atomic E-state index is -0.309. The Morgan fingerprint density at radius 1 is 1.41 bits per heavy atom. The van der Waals surface area contributed by atoms with Crippen molar-refractivity contribution in [1.29, 1.82) is 0 Å². The van der Waals surface area contributed by atoms with Crippen molar-refractivity contribution >= 4 is 5.91 Å². The topological polar surface area (TPSA) is 49.8 Å². The first-order valence-electron chi connectivity index (χ1n) is 8.02. The van der Waals surface area contributed by atoms with E-state index in [1.54, 1.807) is 0 Å². The molecule has 1 aliphatic rings. The Morgan fingerprint density at radius 3 is 2.86 bits per heavy atom. The SMILES string of the molecule is Cc1ccccc1OCCC(=O)N1CC[C@H](O)CC(C)(C)C1. The molecule has 2 rings (SSSR count). The Kier molecular flexibility index (Phi) is 5.46. The van der Waals surface area contributed by atoms with Gasteiger partial charge in [-0.3, -0.25) is 4.79 Å². The highest BCUT2D eigenvalue weighted by Crippen LogP contribution is 2.28. The number of para-hydroxylation sites is 1. The molecule has 4 nitrogen and oxygen atoms in total. The summed E-state index contributed by atoms with van der Waals surface area (Å²) in [4.78, 5) is 14.3. The third-order valence-corrected chi connectivity index (χ3v) is 4.16. The Balaban J connectivity index is 1.85. The van der Waals surface area contributed by atoms with Crippen molar-refractivity contribution in [3.63, 3.8) is 0 Å². The van der Waals surface area contributed by atoms with Crippen LogP contribution in [-0.2, 0) is 4.79 Å². The molecule has 0 spiro atoms. The second kappa shape index (κ2) is 7.14. The van der Waals surface area contributed by atoms with Gasteiger partial charge in [-0.1, -0.05) is 32.0 Å². The number of amides is 1. The van der Waals surface area contributed by atoms with Crippen LogP contribution < -0.4 is 4.74 Å². The van der Waals surface area contributed by atoms with Gasteiger partial charge < -0.3 is 14.7 Å². The van der Waals surface area contributed by atoms with Crippen LogP contribution in [0.4, 0.5) is 0 Å². The first-order valence-corrected chi connectivity index (χ1v) is 8.02. The number of rotatable bonds is 4. The summed E-state index contributed by atoms with van der Waals surface area (Å²) in [6.45, 7) is 7.93. The molecule has 0 aliphatic carbocycles. The Morgan fingerprint density at radius 2 is 2.14 bits per heavy atom. The molecule has 0 unspecified atom stereocenters. The van der Waals surface area contributed by atoms with E-state index in [0.717, 1.165) is 17.7 Å². The maximum Gasteiger partial charge on any atom is 0.226 e. The van der Waals surface area contributed by atoms with Crippen molar-refractivity contribution in [3.05, 3.63) is 29.8 Å². The summed E-state index contributed by atoms with van der Waals surface area (Å²) >= 11 is 0. The second-order valence-electron chi connectivity index (χ2n) is 6.99. The number of hydrogen-bond acceptors (Lipinski definition) is 3. The molecule has 1 fully saturated rings. The molecule has 1 aliphatic heterocycles. The number of aryl methyl sites for hydroxylation is 1. The molecule has 1 aromatic carbocycles. The zero-order valence-electron chi connectivity index (χ0n) is 13.8. The van der Waals surface area contributed by atoms with Crippen LogP contribution in [0.1, 0.15) is 38.7 Å². The number of ether oxygens (including phenoxy) is 1. The second-order valence-corrected chi connectivity index (χ2v) is 6.99. The predicted octanol–water partition coefficient (Wildman–Crippen LogP) is 2.77. The molecule has 1 saturated heterocycles. The fourth-order valence-electron chi connectivity index (χ4n) is 3.04. The highest BCUT2D eigenvalue weighted by molar-refractivity contribution is 5.76. The molecule has 1 aromatic rings. The predicted molar refractivity (Wildman–Crippen MR) is 86.9 cm³/mol. The summed E-state index contributed by atoms with van der Waals surface area (Å²) in [7, 11) is 0. The van der Waals surface area contributed by atoms with E-state index in [-0.39, 0.29) is 17.4 Å². The zero-order chi connectivity index (χ0) is 16.2. The molecule has 0 aromatic heterocycles. The highest BCUT2D eigenvalue weighted by atomic mass is 16.5. The molecule has 1 atom stereocenters. The van der Waals surface area contributed by atoms with Crippen LogP contribution in [-0.4, -0.2) is 41.7 Å². The lowest BCUT2D eigenvalue weighted by Crippen LogP contribution is -2.38. The Bertz CT molecular complexity index is 513. The van der Waals surface area contributed by atoms with Gasteiger partial charge in [0.15, 0.2) is 0 Å². The normalized spacial score (nSPS) is 21.3. The maximum absolute atomic E-state index is 12.4. The van der Waals surface area contributed by atoms with Crippen LogP contribution in [0.15, 0.2) is 24.3 Å². The summed E-state index contributed by atoms with van der Waals surface area (Å²) in [6, 6.07) is 7.82. The molecule has 0 saturated carbocycles. The molecule has 1 amide bonds. The van der Waals surface area contributed by atoms with Gasteiger partial charge in [-0.2, -0.15) is 0 Å². The number of nitrogens with zero attached hydrogens (tertiary/aromatic N) is 1. The van der Waals surface area contributed by atoms with Crippen LogP contribution in [0, 0.1) is 12.3 Å². The summed E-state index contributed by atoms with van der Waals surface area (Å²) in [5, 5.41) is 9.92. The Hall–Kier alpha value is -1.55. The third-order valence-electron chi connectivity index (χ3n) is 4.16. The summed E-state index contributed by atoms with van der Waals surface area (Å²) < 4.78 is 5.71. The molecule has 1 N–H and O–H groups in total. The van der Waals surface area contributed by atoms with Gasteiger partial charge in [0, 0.05) is 13.1 Å². The molecule has 0 radical (unpaired) electrons. The van der Waals surface area contributed by atoms with E-state index in [4.69, 9.17) is 4.74 Å². The van der Waals surface area contributed by atoms with Crippen LogP contribution in [0.5, 0.6) is 5.75 Å². The quantitative estimate of drug-likeness (QED) is 0.930. The number of aliphatic hydroxyl groups excluding tert-OH is 1. The fraction of sp³-hybridized carbons (Fsp3) is 0.611. The van der Waals surface area contributed by atoms with Gasteiger partial charge in [0.05, 0.1) is 19.1 Å². The summed E-state index contributed by atoms with van der Waals surface area (Å²) in [5.74, 6) is 0.942. The summed E-state index contributed by atoms with van der Waals surface area (Å²) in [5.41, 5.74) is 1.04. The van der Waals surface area contributed by atoms with E-state index in [2.05, 4.69) is 13.8 Å². The number of hydrogen-bond donors (Lipinski definition) is 1. The van der Waals surface area contributed by atoms with Crippen LogP contribution in [0.25, 0.3) is 0 Å². The lowest BCUT2D eigenvalue weighted by atomic mass is 9.87. The monoisotopic (exact) mass is 305 g/mol. The van der Waals surface area contributed by atoms with E-state index in [1.807, 2.05) is 36.1 Å².